The molecular weight excluding hydrogens is 270 g/mol. The lowest BCUT2D eigenvalue weighted by Gasteiger charge is -2.19. The largest absolute Gasteiger partial charge is 0.399 e. The number of carbonyl (C=O) groups excluding carboxylic acids is 1. The summed E-state index contributed by atoms with van der Waals surface area (Å²) >= 11 is 1.71. The van der Waals surface area contributed by atoms with Crippen molar-refractivity contribution in [3.05, 3.63) is 46.7 Å². The van der Waals surface area contributed by atoms with Gasteiger partial charge in [-0.25, -0.2) is 0 Å². The quantitative estimate of drug-likeness (QED) is 0.804. The van der Waals surface area contributed by atoms with E-state index in [1.54, 1.807) is 23.5 Å². The van der Waals surface area contributed by atoms with Crippen molar-refractivity contribution in [3.63, 3.8) is 0 Å². The first-order valence-electron chi connectivity index (χ1n) is 6.57. The third kappa shape index (κ3) is 4.36. The monoisotopic (exact) mass is 289 g/mol. The van der Waals surface area contributed by atoms with E-state index in [0.717, 1.165) is 18.8 Å². The van der Waals surface area contributed by atoms with Crippen LogP contribution in [0, 0.1) is 0 Å². The number of hydrogen-bond donors (Lipinski definition) is 2. The molecule has 0 saturated carbocycles. The highest BCUT2D eigenvalue weighted by molar-refractivity contribution is 7.09. The second-order valence-corrected chi connectivity index (χ2v) is 5.59. The minimum Gasteiger partial charge on any atom is -0.399 e. The smallest absolute Gasteiger partial charge is 0.238 e. The normalized spacial score (nSPS) is 10.7. The maximum absolute atomic E-state index is 12.0. The lowest BCUT2D eigenvalue weighted by molar-refractivity contribution is -0.117. The van der Waals surface area contributed by atoms with E-state index >= 15 is 0 Å². The molecule has 2 rings (SSSR count). The Morgan fingerprint density at radius 3 is 2.65 bits per heavy atom. The van der Waals surface area contributed by atoms with Crippen molar-refractivity contribution in [2.45, 2.75) is 13.5 Å². The summed E-state index contributed by atoms with van der Waals surface area (Å²) in [5, 5.41) is 4.93. The summed E-state index contributed by atoms with van der Waals surface area (Å²) in [6.45, 7) is 4.10. The number of rotatable bonds is 6. The molecule has 1 heterocycles. The number of thiophene rings is 1. The standard InChI is InChI=1S/C15H19N3OS/c1-2-18(10-14-4-3-9-20-14)11-15(19)17-13-7-5-12(16)6-8-13/h3-9H,2,10-11,16H2,1H3,(H,17,19). The summed E-state index contributed by atoms with van der Waals surface area (Å²) in [7, 11) is 0. The Kier molecular flexibility index (Phi) is 5.15. The van der Waals surface area contributed by atoms with Gasteiger partial charge in [0.25, 0.3) is 0 Å². The van der Waals surface area contributed by atoms with E-state index in [9.17, 15) is 4.79 Å². The fourth-order valence-electron chi connectivity index (χ4n) is 1.87. The van der Waals surface area contributed by atoms with Crippen LogP contribution < -0.4 is 11.1 Å². The van der Waals surface area contributed by atoms with Crippen molar-refractivity contribution < 1.29 is 4.79 Å². The number of carbonyl (C=O) groups is 1. The zero-order chi connectivity index (χ0) is 14.4. The van der Waals surface area contributed by atoms with Gasteiger partial charge in [-0.1, -0.05) is 13.0 Å². The van der Waals surface area contributed by atoms with Gasteiger partial charge in [-0.2, -0.15) is 0 Å². The molecule has 0 bridgehead atoms. The second-order valence-electron chi connectivity index (χ2n) is 4.55. The molecule has 0 saturated heterocycles. The number of amides is 1. The highest BCUT2D eigenvalue weighted by atomic mass is 32.1. The Balaban J connectivity index is 1.87. The first-order valence-corrected chi connectivity index (χ1v) is 7.45. The Labute approximate surface area is 123 Å². The van der Waals surface area contributed by atoms with Crippen LogP contribution in [0.1, 0.15) is 11.8 Å². The van der Waals surface area contributed by atoms with Gasteiger partial charge in [-0.3, -0.25) is 9.69 Å². The molecule has 3 N–H and O–H groups in total. The molecule has 0 radical (unpaired) electrons. The van der Waals surface area contributed by atoms with Crippen LogP contribution >= 0.6 is 11.3 Å². The van der Waals surface area contributed by atoms with Gasteiger partial charge in [0, 0.05) is 22.8 Å². The van der Waals surface area contributed by atoms with E-state index in [1.807, 2.05) is 18.2 Å². The lowest BCUT2D eigenvalue weighted by atomic mass is 10.3. The predicted octanol–water partition coefficient (Wildman–Crippen LogP) is 2.79. The zero-order valence-corrected chi connectivity index (χ0v) is 12.3. The predicted molar refractivity (Wildman–Crippen MR) is 84.8 cm³/mol. The van der Waals surface area contributed by atoms with Crippen molar-refractivity contribution in [1.29, 1.82) is 0 Å². The number of nitrogens with two attached hydrogens (primary N) is 1. The number of hydrogen-bond acceptors (Lipinski definition) is 4. The molecule has 2 aromatic rings. The van der Waals surface area contributed by atoms with E-state index in [-0.39, 0.29) is 5.91 Å². The van der Waals surface area contributed by atoms with Crippen molar-refractivity contribution in [2.24, 2.45) is 0 Å². The topological polar surface area (TPSA) is 58.4 Å². The molecule has 1 aromatic carbocycles. The number of nitrogen functional groups attached to an aromatic ring is 1. The Morgan fingerprint density at radius 2 is 2.05 bits per heavy atom. The van der Waals surface area contributed by atoms with Crippen molar-refractivity contribution in [2.75, 3.05) is 24.1 Å². The van der Waals surface area contributed by atoms with Crippen molar-refractivity contribution in [1.82, 2.24) is 4.90 Å². The van der Waals surface area contributed by atoms with Gasteiger partial charge in [-0.05, 0) is 42.3 Å². The molecule has 0 aliphatic carbocycles. The van der Waals surface area contributed by atoms with Crippen LogP contribution in [0.15, 0.2) is 41.8 Å². The van der Waals surface area contributed by atoms with Crippen LogP contribution in [0.5, 0.6) is 0 Å². The van der Waals surface area contributed by atoms with Crippen LogP contribution in [0.2, 0.25) is 0 Å². The highest BCUT2D eigenvalue weighted by Crippen LogP contribution is 2.13. The maximum Gasteiger partial charge on any atom is 0.238 e. The van der Waals surface area contributed by atoms with Crippen LogP contribution in [0.4, 0.5) is 11.4 Å². The highest BCUT2D eigenvalue weighted by Gasteiger charge is 2.10. The van der Waals surface area contributed by atoms with Gasteiger partial charge >= 0.3 is 0 Å². The molecule has 20 heavy (non-hydrogen) atoms. The molecule has 0 aliphatic rings. The molecule has 0 unspecified atom stereocenters. The fraction of sp³-hybridized carbons (Fsp3) is 0.267. The minimum atomic E-state index is -0.00632. The van der Waals surface area contributed by atoms with Crippen LogP contribution in [-0.4, -0.2) is 23.9 Å². The van der Waals surface area contributed by atoms with Crippen LogP contribution in [0.25, 0.3) is 0 Å². The molecule has 106 valence electrons. The summed E-state index contributed by atoms with van der Waals surface area (Å²) in [4.78, 5) is 15.4. The van der Waals surface area contributed by atoms with E-state index in [2.05, 4.69) is 28.6 Å². The third-order valence-electron chi connectivity index (χ3n) is 2.97. The van der Waals surface area contributed by atoms with Gasteiger partial charge in [0.05, 0.1) is 6.54 Å². The number of benzene rings is 1. The van der Waals surface area contributed by atoms with Gasteiger partial charge < -0.3 is 11.1 Å². The van der Waals surface area contributed by atoms with E-state index in [1.165, 1.54) is 4.88 Å². The van der Waals surface area contributed by atoms with Crippen LogP contribution in [-0.2, 0) is 11.3 Å². The zero-order valence-electron chi connectivity index (χ0n) is 11.5. The maximum atomic E-state index is 12.0. The van der Waals surface area contributed by atoms with E-state index in [4.69, 9.17) is 5.73 Å². The molecule has 0 spiro atoms. The Hall–Kier alpha value is -1.85. The Bertz CT molecular complexity index is 537. The molecule has 0 atom stereocenters. The van der Waals surface area contributed by atoms with Crippen molar-refractivity contribution in [3.8, 4) is 0 Å². The molecule has 1 aromatic heterocycles. The van der Waals surface area contributed by atoms with Crippen LogP contribution in [0.3, 0.4) is 0 Å². The molecule has 5 heteroatoms. The van der Waals surface area contributed by atoms with Gasteiger partial charge in [0.1, 0.15) is 0 Å². The van der Waals surface area contributed by atoms with Gasteiger partial charge in [-0.15, -0.1) is 11.3 Å². The summed E-state index contributed by atoms with van der Waals surface area (Å²) in [6, 6.07) is 11.3. The molecule has 0 fully saturated rings. The summed E-state index contributed by atoms with van der Waals surface area (Å²) < 4.78 is 0. The number of anilines is 2. The summed E-state index contributed by atoms with van der Waals surface area (Å²) in [5.41, 5.74) is 7.08. The molecule has 1 amide bonds. The average molecular weight is 289 g/mol. The summed E-state index contributed by atoms with van der Waals surface area (Å²) in [5.74, 6) is -0.00632. The van der Waals surface area contributed by atoms with E-state index in [0.29, 0.717) is 12.2 Å². The van der Waals surface area contributed by atoms with Gasteiger partial charge in [0.2, 0.25) is 5.91 Å². The van der Waals surface area contributed by atoms with Crippen molar-refractivity contribution >= 4 is 28.6 Å². The molecule has 4 nitrogen and oxygen atoms in total. The number of likely N-dealkylation sites (N-methyl/N-ethyl adjacent to an activating group) is 1. The van der Waals surface area contributed by atoms with E-state index < -0.39 is 0 Å². The number of nitrogens with one attached hydrogen (secondary N) is 1. The number of nitrogens with zero attached hydrogens (tertiary/aromatic N) is 1. The minimum absolute atomic E-state index is 0.00632. The molecule has 0 aliphatic heterocycles. The molecular formula is C15H19N3OS. The third-order valence-corrected chi connectivity index (χ3v) is 3.83. The first-order chi connectivity index (χ1) is 9.67. The first kappa shape index (κ1) is 14.6. The van der Waals surface area contributed by atoms with Gasteiger partial charge in [0.15, 0.2) is 0 Å². The SMILES string of the molecule is CCN(CC(=O)Nc1ccc(N)cc1)Cc1cccs1. The average Bonchev–Trinajstić information content (AvgIpc) is 2.93. The lowest BCUT2D eigenvalue weighted by Crippen LogP contribution is -2.32. The summed E-state index contributed by atoms with van der Waals surface area (Å²) in [6.07, 6.45) is 0. The fourth-order valence-corrected chi connectivity index (χ4v) is 2.62. The Morgan fingerprint density at radius 1 is 1.30 bits per heavy atom. The second kappa shape index (κ2) is 7.07.